The van der Waals surface area contributed by atoms with E-state index in [0.717, 1.165) is 27.4 Å². The van der Waals surface area contributed by atoms with Gasteiger partial charge in [-0.1, -0.05) is 25.3 Å². The summed E-state index contributed by atoms with van der Waals surface area (Å²) in [6, 6.07) is 9.58. The van der Waals surface area contributed by atoms with Crippen molar-refractivity contribution in [1.82, 2.24) is 9.97 Å². The molecule has 4 rings (SSSR count). The summed E-state index contributed by atoms with van der Waals surface area (Å²) in [5, 5.41) is 4.86. The molecule has 1 saturated carbocycles. The number of rotatable bonds is 3. The first-order valence-electron chi connectivity index (χ1n) is 8.14. The lowest BCUT2D eigenvalue weighted by Crippen LogP contribution is -2.09. The lowest BCUT2D eigenvalue weighted by atomic mass is 9.89. The lowest BCUT2D eigenvalue weighted by Gasteiger charge is -2.18. The van der Waals surface area contributed by atoms with Crippen LogP contribution in [-0.2, 0) is 0 Å². The molecule has 2 heterocycles. The van der Waals surface area contributed by atoms with Crippen molar-refractivity contribution in [1.29, 1.82) is 0 Å². The van der Waals surface area contributed by atoms with Gasteiger partial charge in [0.2, 0.25) is 0 Å². The summed E-state index contributed by atoms with van der Waals surface area (Å²) in [5.74, 6) is 1.59. The Morgan fingerprint density at radius 3 is 2.87 bits per heavy atom. The molecular weight excluding hydrogens is 306 g/mol. The second kappa shape index (κ2) is 6.16. The molecule has 4 nitrogen and oxygen atoms in total. The van der Waals surface area contributed by atoms with Crippen molar-refractivity contribution in [3.63, 3.8) is 0 Å². The first-order chi connectivity index (χ1) is 11.3. The minimum absolute atomic E-state index is 0.0635. The number of nitrogens with one attached hydrogen (secondary N) is 2. The van der Waals surface area contributed by atoms with Gasteiger partial charge in [-0.15, -0.1) is 11.3 Å². The Hall–Kier alpha value is -2.14. The van der Waals surface area contributed by atoms with Gasteiger partial charge in [0.1, 0.15) is 5.82 Å². The molecule has 2 aromatic heterocycles. The van der Waals surface area contributed by atoms with Crippen molar-refractivity contribution in [3.05, 3.63) is 46.4 Å². The van der Waals surface area contributed by atoms with E-state index in [-0.39, 0.29) is 5.91 Å². The Kier molecular flexibility index (Phi) is 3.87. The molecule has 1 aliphatic carbocycles. The van der Waals surface area contributed by atoms with Gasteiger partial charge in [-0.05, 0) is 42.5 Å². The van der Waals surface area contributed by atoms with Crippen LogP contribution < -0.4 is 5.32 Å². The minimum Gasteiger partial charge on any atom is -0.342 e. The molecule has 0 saturated heterocycles. The summed E-state index contributed by atoms with van der Waals surface area (Å²) in [6.07, 6.45) is 6.38. The summed E-state index contributed by atoms with van der Waals surface area (Å²) in [4.78, 5) is 21.1. The van der Waals surface area contributed by atoms with Gasteiger partial charge in [-0.25, -0.2) is 4.98 Å². The second-order valence-electron chi connectivity index (χ2n) is 6.12. The van der Waals surface area contributed by atoms with Gasteiger partial charge in [0.25, 0.3) is 5.91 Å². The van der Waals surface area contributed by atoms with Crippen molar-refractivity contribution in [2.75, 3.05) is 5.32 Å². The van der Waals surface area contributed by atoms with Crippen LogP contribution in [0.3, 0.4) is 0 Å². The number of aromatic amines is 1. The van der Waals surface area contributed by atoms with Crippen LogP contribution >= 0.6 is 11.3 Å². The molecule has 2 N–H and O–H groups in total. The van der Waals surface area contributed by atoms with Gasteiger partial charge in [0.15, 0.2) is 0 Å². The summed E-state index contributed by atoms with van der Waals surface area (Å²) in [5.41, 5.74) is 2.77. The van der Waals surface area contributed by atoms with Gasteiger partial charge < -0.3 is 10.3 Å². The Labute approximate surface area is 138 Å². The molecule has 0 unspecified atom stereocenters. The average molecular weight is 325 g/mol. The standard InChI is InChI=1S/C18H19N3OS/c22-18(16-7-4-10-23-16)19-13-8-9-14-15(11-13)21-17(20-14)12-5-2-1-3-6-12/h4,7-12H,1-3,5-6H2,(H,19,22)(H,20,21). The summed E-state index contributed by atoms with van der Waals surface area (Å²) in [7, 11) is 0. The quantitative estimate of drug-likeness (QED) is 0.717. The summed E-state index contributed by atoms with van der Waals surface area (Å²) < 4.78 is 0. The van der Waals surface area contributed by atoms with Gasteiger partial charge in [-0.2, -0.15) is 0 Å². The third-order valence-electron chi connectivity index (χ3n) is 4.49. The highest BCUT2D eigenvalue weighted by molar-refractivity contribution is 7.12. The number of nitrogens with zero attached hydrogens (tertiary/aromatic N) is 1. The van der Waals surface area contributed by atoms with Crippen LogP contribution in [0.5, 0.6) is 0 Å². The Balaban J connectivity index is 1.56. The predicted molar refractivity (Wildman–Crippen MR) is 94.2 cm³/mol. The number of anilines is 1. The molecule has 3 aromatic rings. The first kappa shape index (κ1) is 14.5. The van der Waals surface area contributed by atoms with Crippen molar-refractivity contribution < 1.29 is 4.79 Å². The predicted octanol–water partition coefficient (Wildman–Crippen LogP) is 4.92. The molecule has 0 atom stereocenters. The van der Waals surface area contributed by atoms with Crippen molar-refractivity contribution in [2.24, 2.45) is 0 Å². The topological polar surface area (TPSA) is 57.8 Å². The number of hydrogen-bond acceptors (Lipinski definition) is 3. The van der Waals surface area contributed by atoms with E-state index in [9.17, 15) is 4.79 Å². The Morgan fingerprint density at radius 2 is 2.09 bits per heavy atom. The number of benzene rings is 1. The molecule has 1 aromatic carbocycles. The van der Waals surface area contributed by atoms with Gasteiger partial charge in [0.05, 0.1) is 15.9 Å². The van der Waals surface area contributed by atoms with E-state index in [4.69, 9.17) is 4.98 Å². The van der Waals surface area contributed by atoms with Crippen LogP contribution in [-0.4, -0.2) is 15.9 Å². The number of thiophene rings is 1. The number of imidazole rings is 1. The van der Waals surface area contributed by atoms with E-state index < -0.39 is 0 Å². The maximum Gasteiger partial charge on any atom is 0.265 e. The molecule has 1 aliphatic rings. The minimum atomic E-state index is -0.0635. The molecule has 1 amide bonds. The van der Waals surface area contributed by atoms with E-state index in [2.05, 4.69) is 10.3 Å². The average Bonchev–Trinajstić information content (AvgIpc) is 3.25. The van der Waals surface area contributed by atoms with Crippen molar-refractivity contribution >= 4 is 34.0 Å². The maximum atomic E-state index is 12.1. The van der Waals surface area contributed by atoms with E-state index in [0.29, 0.717) is 5.92 Å². The monoisotopic (exact) mass is 325 g/mol. The number of H-pyrrole nitrogens is 1. The molecule has 1 fully saturated rings. The number of fused-ring (bicyclic) bond motifs is 1. The number of carbonyl (C=O) groups excluding carboxylic acids is 1. The second-order valence-corrected chi connectivity index (χ2v) is 7.07. The molecule has 5 heteroatoms. The zero-order chi connectivity index (χ0) is 15.6. The summed E-state index contributed by atoms with van der Waals surface area (Å²) in [6.45, 7) is 0. The highest BCUT2D eigenvalue weighted by Crippen LogP contribution is 2.32. The molecule has 118 valence electrons. The van der Waals surface area contributed by atoms with Gasteiger partial charge in [0, 0.05) is 11.6 Å². The fourth-order valence-electron chi connectivity index (χ4n) is 3.28. The molecule has 0 bridgehead atoms. The van der Waals surface area contributed by atoms with Crippen molar-refractivity contribution in [2.45, 2.75) is 38.0 Å². The normalized spacial score (nSPS) is 15.8. The maximum absolute atomic E-state index is 12.1. The zero-order valence-corrected chi connectivity index (χ0v) is 13.7. The number of hydrogen-bond donors (Lipinski definition) is 2. The molecule has 0 radical (unpaired) electrons. The van der Waals surface area contributed by atoms with E-state index in [1.54, 1.807) is 0 Å². The van der Waals surface area contributed by atoms with E-state index in [1.165, 1.54) is 43.4 Å². The highest BCUT2D eigenvalue weighted by atomic mass is 32.1. The Bertz CT molecular complexity index is 816. The largest absolute Gasteiger partial charge is 0.342 e. The Morgan fingerprint density at radius 1 is 1.22 bits per heavy atom. The highest BCUT2D eigenvalue weighted by Gasteiger charge is 2.19. The lowest BCUT2D eigenvalue weighted by molar-refractivity contribution is 0.103. The fourth-order valence-corrected chi connectivity index (χ4v) is 3.90. The summed E-state index contributed by atoms with van der Waals surface area (Å²) >= 11 is 1.44. The first-order valence-corrected chi connectivity index (χ1v) is 9.02. The molecule has 0 spiro atoms. The smallest absolute Gasteiger partial charge is 0.265 e. The number of aromatic nitrogens is 2. The van der Waals surface area contributed by atoms with Crippen LogP contribution in [0.15, 0.2) is 35.7 Å². The SMILES string of the molecule is O=C(Nc1ccc2nc(C3CCCCC3)[nH]c2c1)c1cccs1. The number of amides is 1. The zero-order valence-electron chi connectivity index (χ0n) is 12.8. The van der Waals surface area contributed by atoms with Crippen LogP contribution in [0.4, 0.5) is 5.69 Å². The van der Waals surface area contributed by atoms with Gasteiger partial charge in [-0.3, -0.25) is 4.79 Å². The molecule has 23 heavy (non-hydrogen) atoms. The van der Waals surface area contributed by atoms with Crippen LogP contribution in [0, 0.1) is 0 Å². The van der Waals surface area contributed by atoms with Crippen LogP contribution in [0.2, 0.25) is 0 Å². The fraction of sp³-hybridized carbons (Fsp3) is 0.333. The van der Waals surface area contributed by atoms with Crippen molar-refractivity contribution in [3.8, 4) is 0 Å². The third-order valence-corrected chi connectivity index (χ3v) is 5.36. The molecular formula is C18H19N3OS. The number of carbonyl (C=O) groups is 1. The van der Waals surface area contributed by atoms with E-state index in [1.807, 2.05) is 35.7 Å². The van der Waals surface area contributed by atoms with Crippen LogP contribution in [0.1, 0.15) is 53.5 Å². The molecule has 0 aliphatic heterocycles. The van der Waals surface area contributed by atoms with Crippen LogP contribution in [0.25, 0.3) is 11.0 Å². The van der Waals surface area contributed by atoms with Gasteiger partial charge >= 0.3 is 0 Å². The van der Waals surface area contributed by atoms with E-state index >= 15 is 0 Å². The third kappa shape index (κ3) is 3.01.